The fourth-order valence-corrected chi connectivity index (χ4v) is 6.33. The summed E-state index contributed by atoms with van der Waals surface area (Å²) in [4.78, 5) is 44.1. The lowest BCUT2D eigenvalue weighted by Gasteiger charge is -2.36. The number of imide groups is 1. The molecule has 0 bridgehead atoms. The molecule has 6 rings (SSSR count). The van der Waals surface area contributed by atoms with Crippen LogP contribution < -0.4 is 5.32 Å². The lowest BCUT2D eigenvalue weighted by atomic mass is 9.75. The predicted octanol–water partition coefficient (Wildman–Crippen LogP) is 2.77. The number of likely N-dealkylation sites (tertiary alicyclic amines) is 1. The van der Waals surface area contributed by atoms with E-state index < -0.39 is 17.4 Å². The number of benzene rings is 2. The second-order valence-corrected chi connectivity index (χ2v) is 9.00. The molecule has 0 aliphatic carbocycles. The second-order valence-electron chi connectivity index (χ2n) is 8.57. The minimum Gasteiger partial charge on any atom is -0.324 e. The Balaban J connectivity index is 1.50. The SMILES string of the molecule is O=C1[C@@H]2[C@@H](C(=O)N1Cc1ccccc1)[C@]1(C(=O)Nc3ccc(Cl)cc31)N1CCC[C@@H]21. The van der Waals surface area contributed by atoms with Crippen LogP contribution in [-0.2, 0) is 26.5 Å². The average Bonchev–Trinajstić information content (AvgIpc) is 3.44. The summed E-state index contributed by atoms with van der Waals surface area (Å²) >= 11 is 6.30. The summed E-state index contributed by atoms with van der Waals surface area (Å²) in [7, 11) is 0. The summed E-state index contributed by atoms with van der Waals surface area (Å²) in [5.74, 6) is -1.86. The molecule has 2 aromatic carbocycles. The summed E-state index contributed by atoms with van der Waals surface area (Å²) in [5.41, 5.74) is 1.14. The van der Waals surface area contributed by atoms with Gasteiger partial charge >= 0.3 is 0 Å². The van der Waals surface area contributed by atoms with Crippen molar-refractivity contribution in [2.75, 3.05) is 11.9 Å². The number of nitrogens with one attached hydrogen (secondary N) is 1. The molecular weight excluding hydrogens is 402 g/mol. The van der Waals surface area contributed by atoms with E-state index in [9.17, 15) is 14.4 Å². The Bertz CT molecular complexity index is 1100. The van der Waals surface area contributed by atoms with E-state index in [0.717, 1.165) is 24.0 Å². The summed E-state index contributed by atoms with van der Waals surface area (Å²) in [6.07, 6.45) is 1.71. The van der Waals surface area contributed by atoms with Gasteiger partial charge in [-0.25, -0.2) is 0 Å². The van der Waals surface area contributed by atoms with E-state index in [-0.39, 0.29) is 30.3 Å². The average molecular weight is 422 g/mol. The lowest BCUT2D eigenvalue weighted by Crippen LogP contribution is -2.54. The molecule has 2 aromatic rings. The Morgan fingerprint density at radius 3 is 2.67 bits per heavy atom. The zero-order valence-corrected chi connectivity index (χ0v) is 16.9. The Morgan fingerprint density at radius 2 is 1.87 bits per heavy atom. The highest BCUT2D eigenvalue weighted by Crippen LogP contribution is 2.60. The van der Waals surface area contributed by atoms with Crippen molar-refractivity contribution in [2.24, 2.45) is 11.8 Å². The van der Waals surface area contributed by atoms with Crippen molar-refractivity contribution in [3.8, 4) is 0 Å². The van der Waals surface area contributed by atoms with E-state index in [4.69, 9.17) is 11.6 Å². The molecule has 4 atom stereocenters. The van der Waals surface area contributed by atoms with Crippen molar-refractivity contribution in [3.05, 3.63) is 64.7 Å². The van der Waals surface area contributed by atoms with Crippen LogP contribution in [0.25, 0.3) is 0 Å². The molecule has 3 amide bonds. The number of amides is 3. The molecule has 152 valence electrons. The molecule has 0 unspecified atom stereocenters. The number of anilines is 1. The van der Waals surface area contributed by atoms with Gasteiger partial charge in [-0.05, 0) is 43.1 Å². The summed E-state index contributed by atoms with van der Waals surface area (Å²) in [6.45, 7) is 0.925. The molecule has 6 nitrogen and oxygen atoms in total. The fraction of sp³-hybridized carbons (Fsp3) is 0.348. The van der Waals surface area contributed by atoms with Crippen LogP contribution in [0.15, 0.2) is 48.5 Å². The molecular formula is C23H20ClN3O3. The van der Waals surface area contributed by atoms with Crippen molar-refractivity contribution in [1.82, 2.24) is 9.80 Å². The van der Waals surface area contributed by atoms with E-state index in [0.29, 0.717) is 17.3 Å². The maximum Gasteiger partial charge on any atom is 0.250 e. The highest BCUT2D eigenvalue weighted by Gasteiger charge is 2.74. The maximum atomic E-state index is 13.7. The van der Waals surface area contributed by atoms with Crippen LogP contribution >= 0.6 is 11.6 Å². The van der Waals surface area contributed by atoms with E-state index in [1.165, 1.54) is 4.90 Å². The Hall–Kier alpha value is -2.70. The van der Waals surface area contributed by atoms with Gasteiger partial charge in [0.1, 0.15) is 5.54 Å². The van der Waals surface area contributed by atoms with Crippen molar-refractivity contribution in [3.63, 3.8) is 0 Å². The molecule has 1 N–H and O–H groups in total. The van der Waals surface area contributed by atoms with Crippen molar-refractivity contribution >= 4 is 35.0 Å². The highest BCUT2D eigenvalue weighted by molar-refractivity contribution is 6.31. The first-order chi connectivity index (χ1) is 14.5. The van der Waals surface area contributed by atoms with Gasteiger partial charge in [0.15, 0.2) is 0 Å². The predicted molar refractivity (Wildman–Crippen MR) is 110 cm³/mol. The molecule has 30 heavy (non-hydrogen) atoms. The quantitative estimate of drug-likeness (QED) is 0.757. The minimum atomic E-state index is -1.16. The number of carbonyl (C=O) groups excluding carboxylic acids is 3. The molecule has 1 spiro atoms. The molecule has 7 heteroatoms. The van der Waals surface area contributed by atoms with Gasteiger partial charge < -0.3 is 5.32 Å². The summed E-state index contributed by atoms with van der Waals surface area (Å²) in [6, 6.07) is 14.7. The second kappa shape index (κ2) is 6.15. The first-order valence-electron chi connectivity index (χ1n) is 10.3. The summed E-state index contributed by atoms with van der Waals surface area (Å²) in [5, 5.41) is 3.48. The molecule has 0 aromatic heterocycles. The monoisotopic (exact) mass is 421 g/mol. The number of nitrogens with zero attached hydrogens (tertiary/aromatic N) is 2. The first kappa shape index (κ1) is 18.1. The molecule has 4 aliphatic rings. The summed E-state index contributed by atoms with van der Waals surface area (Å²) < 4.78 is 0. The largest absolute Gasteiger partial charge is 0.324 e. The third-order valence-corrected chi connectivity index (χ3v) is 7.46. The van der Waals surface area contributed by atoms with Gasteiger partial charge in [0.2, 0.25) is 17.7 Å². The van der Waals surface area contributed by atoms with Crippen molar-refractivity contribution in [2.45, 2.75) is 31.0 Å². The van der Waals surface area contributed by atoms with E-state index in [1.54, 1.807) is 18.2 Å². The van der Waals surface area contributed by atoms with Gasteiger partial charge in [0.25, 0.3) is 0 Å². The molecule has 4 aliphatic heterocycles. The highest BCUT2D eigenvalue weighted by atomic mass is 35.5. The standard InChI is InChI=1S/C23H20ClN3O3/c24-14-8-9-16-15(11-14)23(22(30)25-16)19-18(17-7-4-10-27(17)23)20(28)26(21(19)29)12-13-5-2-1-3-6-13/h1-3,5-6,8-9,11,17-19H,4,7,10,12H2,(H,25,30)/t17-,18-,19-,23+/m0/s1. The number of carbonyl (C=O) groups is 3. The Labute approximate surface area is 178 Å². The van der Waals surface area contributed by atoms with Crippen LogP contribution in [0.2, 0.25) is 5.02 Å². The molecule has 3 fully saturated rings. The molecule has 3 saturated heterocycles. The fourth-order valence-electron chi connectivity index (χ4n) is 6.16. The number of rotatable bonds is 2. The number of fused-ring (bicyclic) bond motifs is 7. The number of halogens is 1. The van der Waals surface area contributed by atoms with Crippen LogP contribution in [-0.4, -0.2) is 40.1 Å². The van der Waals surface area contributed by atoms with Gasteiger partial charge in [0, 0.05) is 22.3 Å². The van der Waals surface area contributed by atoms with Crippen LogP contribution in [0.1, 0.15) is 24.0 Å². The van der Waals surface area contributed by atoms with Crippen molar-refractivity contribution < 1.29 is 14.4 Å². The van der Waals surface area contributed by atoms with Gasteiger partial charge in [0.05, 0.1) is 18.4 Å². The Kier molecular flexibility index (Phi) is 3.71. The smallest absolute Gasteiger partial charge is 0.250 e. The van der Waals surface area contributed by atoms with Gasteiger partial charge in [-0.3, -0.25) is 24.2 Å². The van der Waals surface area contributed by atoms with Crippen LogP contribution in [0.5, 0.6) is 0 Å². The Morgan fingerprint density at radius 1 is 1.07 bits per heavy atom. The minimum absolute atomic E-state index is 0.108. The molecule has 4 heterocycles. The zero-order valence-electron chi connectivity index (χ0n) is 16.2. The van der Waals surface area contributed by atoms with Gasteiger partial charge in [-0.2, -0.15) is 0 Å². The van der Waals surface area contributed by atoms with Gasteiger partial charge in [-0.1, -0.05) is 41.9 Å². The van der Waals surface area contributed by atoms with E-state index in [1.807, 2.05) is 30.3 Å². The molecule has 0 saturated carbocycles. The van der Waals surface area contributed by atoms with E-state index >= 15 is 0 Å². The molecule has 0 radical (unpaired) electrons. The topological polar surface area (TPSA) is 69.7 Å². The number of hydrogen-bond donors (Lipinski definition) is 1. The van der Waals surface area contributed by atoms with Crippen LogP contribution in [0.3, 0.4) is 0 Å². The third kappa shape index (κ3) is 2.10. The van der Waals surface area contributed by atoms with E-state index in [2.05, 4.69) is 10.2 Å². The first-order valence-corrected chi connectivity index (χ1v) is 10.7. The lowest BCUT2D eigenvalue weighted by molar-refractivity contribution is -0.146. The third-order valence-electron chi connectivity index (χ3n) is 7.23. The maximum absolute atomic E-state index is 13.7. The van der Waals surface area contributed by atoms with Crippen LogP contribution in [0, 0.1) is 11.8 Å². The normalized spacial score (nSPS) is 32.0. The van der Waals surface area contributed by atoms with Crippen molar-refractivity contribution in [1.29, 1.82) is 0 Å². The van der Waals surface area contributed by atoms with Gasteiger partial charge in [-0.15, -0.1) is 0 Å². The zero-order chi connectivity index (χ0) is 20.6. The van der Waals surface area contributed by atoms with Crippen LogP contribution in [0.4, 0.5) is 5.69 Å². The number of hydrogen-bond acceptors (Lipinski definition) is 4.